The Balaban J connectivity index is 0.00000324. The third kappa shape index (κ3) is 4.95. The molecule has 0 radical (unpaired) electrons. The summed E-state index contributed by atoms with van der Waals surface area (Å²) in [5, 5.41) is 3.54. The van der Waals surface area contributed by atoms with Gasteiger partial charge < -0.3 is 15.8 Å². The summed E-state index contributed by atoms with van der Waals surface area (Å²) in [6, 6.07) is 5.98. The second-order valence-electron chi connectivity index (χ2n) is 5.09. The minimum atomic E-state index is -0.0531. The molecule has 0 saturated heterocycles. The van der Waals surface area contributed by atoms with Crippen molar-refractivity contribution in [3.8, 4) is 5.75 Å². The van der Waals surface area contributed by atoms with Gasteiger partial charge in [0.2, 0.25) is 0 Å². The molecule has 0 bridgehead atoms. The molecular weight excluding hydrogens is 328 g/mol. The molecule has 1 aromatic carbocycles. The number of nitrogens with two attached hydrogens (primary N) is 1. The summed E-state index contributed by atoms with van der Waals surface area (Å²) in [6.07, 6.45) is 0. The number of methoxy groups -OCH3 is 1. The van der Waals surface area contributed by atoms with E-state index in [1.165, 1.54) is 5.56 Å². The van der Waals surface area contributed by atoms with Gasteiger partial charge in [-0.25, -0.2) is 0 Å². The van der Waals surface area contributed by atoms with E-state index in [4.69, 9.17) is 10.5 Å². The molecule has 1 unspecified atom stereocenters. The maximum atomic E-state index is 5.87. The van der Waals surface area contributed by atoms with E-state index in [9.17, 15) is 0 Å². The molecule has 1 aromatic rings. The highest BCUT2D eigenvalue weighted by Crippen LogP contribution is 2.24. The number of halogens is 2. The van der Waals surface area contributed by atoms with Crippen LogP contribution in [0.25, 0.3) is 0 Å². The molecule has 0 aromatic heterocycles. The zero-order valence-corrected chi connectivity index (χ0v) is 14.4. The monoisotopic (exact) mass is 350 g/mol. The predicted molar refractivity (Wildman–Crippen MR) is 87.1 cm³/mol. The highest BCUT2D eigenvalue weighted by molar-refractivity contribution is 9.10. The van der Waals surface area contributed by atoms with Crippen molar-refractivity contribution in [2.75, 3.05) is 13.7 Å². The Kier molecular flexibility index (Phi) is 7.98. The van der Waals surface area contributed by atoms with E-state index < -0.39 is 0 Å². The average Bonchev–Trinajstić information content (AvgIpc) is 2.37. The zero-order chi connectivity index (χ0) is 13.8. The number of nitrogens with one attached hydrogen (secondary N) is 1. The molecule has 19 heavy (non-hydrogen) atoms. The van der Waals surface area contributed by atoms with Crippen molar-refractivity contribution in [3.05, 3.63) is 28.2 Å². The molecule has 0 saturated carbocycles. The number of hydrogen-bond acceptors (Lipinski definition) is 3. The summed E-state index contributed by atoms with van der Waals surface area (Å²) in [5.74, 6) is 1.35. The number of benzene rings is 1. The minimum absolute atomic E-state index is 0. The summed E-state index contributed by atoms with van der Waals surface area (Å²) in [6.45, 7) is 7.91. The van der Waals surface area contributed by atoms with Gasteiger partial charge in [-0.1, -0.05) is 29.8 Å². The van der Waals surface area contributed by atoms with Crippen molar-refractivity contribution in [2.45, 2.75) is 32.9 Å². The predicted octanol–water partition coefficient (Wildman–Crippen LogP) is 3.34. The SMILES string of the molecule is COc1ccc(Br)c(CNC(C)(CN)C(C)C)c1.Cl. The smallest absolute Gasteiger partial charge is 0.119 e. The first-order valence-electron chi connectivity index (χ1n) is 6.20. The van der Waals surface area contributed by atoms with Crippen molar-refractivity contribution in [3.63, 3.8) is 0 Å². The molecule has 1 atom stereocenters. The van der Waals surface area contributed by atoms with Crippen LogP contribution in [0.4, 0.5) is 0 Å². The van der Waals surface area contributed by atoms with Gasteiger partial charge in [0, 0.05) is 23.1 Å². The standard InChI is InChI=1S/C14H23BrN2O.ClH/c1-10(2)14(3,9-16)17-8-11-7-12(18-4)5-6-13(11)15;/h5-7,10,17H,8-9,16H2,1-4H3;1H. The van der Waals surface area contributed by atoms with Gasteiger partial charge in [0.1, 0.15) is 5.75 Å². The van der Waals surface area contributed by atoms with Crippen molar-refractivity contribution >= 4 is 28.3 Å². The van der Waals surface area contributed by atoms with Crippen LogP contribution >= 0.6 is 28.3 Å². The molecule has 1 rings (SSSR count). The van der Waals surface area contributed by atoms with E-state index in [1.54, 1.807) is 7.11 Å². The molecular formula is C14H24BrClN2O. The third-order valence-corrected chi connectivity index (χ3v) is 4.41. The lowest BCUT2D eigenvalue weighted by Crippen LogP contribution is -2.52. The van der Waals surface area contributed by atoms with Gasteiger partial charge >= 0.3 is 0 Å². The first kappa shape index (κ1) is 18.7. The van der Waals surface area contributed by atoms with Gasteiger partial charge in [-0.3, -0.25) is 0 Å². The fourth-order valence-corrected chi connectivity index (χ4v) is 2.01. The van der Waals surface area contributed by atoms with Crippen molar-refractivity contribution in [1.82, 2.24) is 5.32 Å². The quantitative estimate of drug-likeness (QED) is 0.826. The Morgan fingerprint density at radius 1 is 1.42 bits per heavy atom. The van der Waals surface area contributed by atoms with E-state index in [-0.39, 0.29) is 17.9 Å². The maximum absolute atomic E-state index is 5.87. The topological polar surface area (TPSA) is 47.3 Å². The summed E-state index contributed by atoms with van der Waals surface area (Å²) in [4.78, 5) is 0. The van der Waals surface area contributed by atoms with E-state index in [0.717, 1.165) is 16.8 Å². The second-order valence-corrected chi connectivity index (χ2v) is 5.94. The molecule has 0 aliphatic carbocycles. The number of ether oxygens (including phenoxy) is 1. The summed E-state index contributed by atoms with van der Waals surface area (Å²) >= 11 is 3.56. The molecule has 0 aliphatic rings. The van der Waals surface area contributed by atoms with Gasteiger partial charge in [0.25, 0.3) is 0 Å². The maximum Gasteiger partial charge on any atom is 0.119 e. The largest absolute Gasteiger partial charge is 0.497 e. The zero-order valence-electron chi connectivity index (χ0n) is 12.0. The van der Waals surface area contributed by atoms with E-state index in [1.807, 2.05) is 18.2 Å². The molecule has 3 N–H and O–H groups in total. The van der Waals surface area contributed by atoms with E-state index in [0.29, 0.717) is 12.5 Å². The van der Waals surface area contributed by atoms with Gasteiger partial charge in [0.05, 0.1) is 7.11 Å². The summed E-state index contributed by atoms with van der Waals surface area (Å²) in [7, 11) is 1.68. The van der Waals surface area contributed by atoms with Crippen LogP contribution in [0.3, 0.4) is 0 Å². The van der Waals surface area contributed by atoms with E-state index >= 15 is 0 Å². The lowest BCUT2D eigenvalue weighted by atomic mass is 9.88. The molecule has 110 valence electrons. The van der Waals surface area contributed by atoms with Crippen molar-refractivity contribution in [2.24, 2.45) is 11.7 Å². The number of rotatable bonds is 6. The normalized spacial score (nSPS) is 13.8. The second kappa shape index (κ2) is 8.10. The summed E-state index contributed by atoms with van der Waals surface area (Å²) in [5.41, 5.74) is 6.99. The van der Waals surface area contributed by atoms with Gasteiger partial charge in [-0.05, 0) is 36.6 Å². The average molecular weight is 352 g/mol. The van der Waals surface area contributed by atoms with Crippen LogP contribution in [0.5, 0.6) is 5.75 Å². The lowest BCUT2D eigenvalue weighted by Gasteiger charge is -2.34. The summed E-state index contributed by atoms with van der Waals surface area (Å²) < 4.78 is 6.32. The molecule has 0 spiro atoms. The third-order valence-electron chi connectivity index (χ3n) is 3.63. The fourth-order valence-electron chi connectivity index (χ4n) is 1.62. The van der Waals surface area contributed by atoms with Crippen LogP contribution in [0, 0.1) is 5.92 Å². The van der Waals surface area contributed by atoms with Crippen molar-refractivity contribution < 1.29 is 4.74 Å². The highest BCUT2D eigenvalue weighted by Gasteiger charge is 2.25. The Hall–Kier alpha value is -0.290. The minimum Gasteiger partial charge on any atom is -0.497 e. The van der Waals surface area contributed by atoms with Gasteiger partial charge in [0.15, 0.2) is 0 Å². The van der Waals surface area contributed by atoms with Crippen molar-refractivity contribution in [1.29, 1.82) is 0 Å². The number of hydrogen-bond donors (Lipinski definition) is 2. The molecule has 0 fully saturated rings. The first-order chi connectivity index (χ1) is 8.42. The molecule has 0 aliphatic heterocycles. The molecule has 0 heterocycles. The van der Waals surface area contributed by atoms with Crippen LogP contribution in [-0.4, -0.2) is 19.2 Å². The fraction of sp³-hybridized carbons (Fsp3) is 0.571. The Morgan fingerprint density at radius 3 is 2.53 bits per heavy atom. The van der Waals surface area contributed by atoms with Crippen LogP contribution in [0.1, 0.15) is 26.3 Å². The molecule has 3 nitrogen and oxygen atoms in total. The van der Waals surface area contributed by atoms with Crippen LogP contribution in [-0.2, 0) is 6.54 Å². The van der Waals surface area contributed by atoms with Gasteiger partial charge in [-0.2, -0.15) is 0 Å². The highest BCUT2D eigenvalue weighted by atomic mass is 79.9. The van der Waals surface area contributed by atoms with Crippen LogP contribution < -0.4 is 15.8 Å². The Labute approximate surface area is 130 Å². The molecule has 5 heteroatoms. The van der Waals surface area contributed by atoms with Crippen LogP contribution in [0.15, 0.2) is 22.7 Å². The van der Waals surface area contributed by atoms with E-state index in [2.05, 4.69) is 42.0 Å². The van der Waals surface area contributed by atoms with Crippen LogP contribution in [0.2, 0.25) is 0 Å². The first-order valence-corrected chi connectivity index (χ1v) is 6.99. The van der Waals surface area contributed by atoms with Gasteiger partial charge in [-0.15, -0.1) is 12.4 Å². The Morgan fingerprint density at radius 2 is 2.05 bits per heavy atom. The molecule has 0 amide bonds. The lowest BCUT2D eigenvalue weighted by molar-refractivity contribution is 0.267. The Bertz CT molecular complexity index is 401.